The summed E-state index contributed by atoms with van der Waals surface area (Å²) in [5.74, 6) is -1.13. The lowest BCUT2D eigenvalue weighted by molar-refractivity contribution is -0.275. The van der Waals surface area contributed by atoms with Crippen molar-refractivity contribution in [2.24, 2.45) is 10.2 Å². The maximum absolute atomic E-state index is 12.7. The van der Waals surface area contributed by atoms with Crippen molar-refractivity contribution in [2.45, 2.75) is 4.90 Å². The van der Waals surface area contributed by atoms with Gasteiger partial charge in [-0.2, -0.15) is 9.11 Å². The van der Waals surface area contributed by atoms with Gasteiger partial charge in [-0.15, -0.1) is 15.4 Å². The van der Waals surface area contributed by atoms with Gasteiger partial charge < -0.3 is 5.32 Å². The van der Waals surface area contributed by atoms with E-state index in [2.05, 4.69) is 15.5 Å². The number of hydroxylamine groups is 2. The van der Waals surface area contributed by atoms with Crippen LogP contribution in [0.4, 0.5) is 11.4 Å². The number of hydrogen-bond donors (Lipinski definition) is 5. The van der Waals surface area contributed by atoms with Crippen molar-refractivity contribution in [3.63, 3.8) is 0 Å². The molecule has 172 valence electrons. The number of allylic oxidation sites excluding steroid dienone is 4. The van der Waals surface area contributed by atoms with E-state index < -0.39 is 22.1 Å². The Hall–Kier alpha value is -4.07. The van der Waals surface area contributed by atoms with Gasteiger partial charge in [0.1, 0.15) is 11.4 Å². The lowest BCUT2D eigenvalue weighted by Crippen LogP contribution is -2.22. The maximum atomic E-state index is 12.7. The number of hydrogen-bond acceptors (Lipinski definition) is 9. The molecule has 2 aromatic carbocycles. The van der Waals surface area contributed by atoms with E-state index >= 15 is 0 Å². The Bertz CT molecular complexity index is 1390. The normalized spacial score (nSPS) is 17.7. The van der Waals surface area contributed by atoms with Gasteiger partial charge in [0.05, 0.1) is 11.4 Å². The van der Waals surface area contributed by atoms with Crippen molar-refractivity contribution in [3.05, 3.63) is 83.6 Å². The predicted octanol–water partition coefficient (Wildman–Crippen LogP) is 3.08. The lowest BCUT2D eigenvalue weighted by atomic mass is 9.93. The van der Waals surface area contributed by atoms with E-state index in [1.807, 2.05) is 0 Å². The Labute approximate surface area is 193 Å². The molecule has 34 heavy (non-hydrogen) atoms. The fourth-order valence-corrected chi connectivity index (χ4v) is 3.79. The quantitative estimate of drug-likeness (QED) is 0.244. The SMILES string of the molecule is O=C1C=CC(N(O)O)=CC1=NN=C1C(=O)C=Cc2cc([S+](=O)(O)O)cc(Nc3ccccc3)c21. The number of benzene rings is 2. The van der Waals surface area contributed by atoms with E-state index in [0.717, 1.165) is 18.2 Å². The van der Waals surface area contributed by atoms with Crippen molar-refractivity contribution in [1.29, 1.82) is 0 Å². The molecule has 12 heteroatoms. The summed E-state index contributed by atoms with van der Waals surface area (Å²) >= 11 is 0. The highest BCUT2D eigenvalue weighted by atomic mass is 32.3. The van der Waals surface area contributed by atoms with E-state index in [-0.39, 0.29) is 38.5 Å². The molecule has 0 fully saturated rings. The molecular formula is C22H17N4O7S+. The third-order valence-electron chi connectivity index (χ3n) is 4.82. The van der Waals surface area contributed by atoms with Crippen LogP contribution < -0.4 is 5.32 Å². The Morgan fingerprint density at radius 1 is 0.882 bits per heavy atom. The first-order valence-electron chi connectivity index (χ1n) is 9.63. The first kappa shape index (κ1) is 23.1. The highest BCUT2D eigenvalue weighted by Crippen LogP contribution is 2.33. The van der Waals surface area contributed by atoms with Gasteiger partial charge in [-0.05, 0) is 46.2 Å². The van der Waals surface area contributed by atoms with Crippen LogP contribution in [-0.4, -0.2) is 47.7 Å². The van der Waals surface area contributed by atoms with E-state index in [0.29, 0.717) is 11.3 Å². The second kappa shape index (κ2) is 9.05. The third kappa shape index (κ3) is 4.80. The average Bonchev–Trinajstić information content (AvgIpc) is 2.79. The number of anilines is 2. The number of rotatable bonds is 5. The minimum absolute atomic E-state index is 0.148. The Morgan fingerprint density at radius 3 is 2.26 bits per heavy atom. The van der Waals surface area contributed by atoms with Crippen LogP contribution in [0.3, 0.4) is 0 Å². The minimum Gasteiger partial charge on any atom is -0.355 e. The highest BCUT2D eigenvalue weighted by Gasteiger charge is 2.32. The van der Waals surface area contributed by atoms with Crippen molar-refractivity contribution < 1.29 is 33.3 Å². The zero-order valence-electron chi connectivity index (χ0n) is 17.2. The highest BCUT2D eigenvalue weighted by molar-refractivity contribution is 7.92. The van der Waals surface area contributed by atoms with Gasteiger partial charge in [0.25, 0.3) is 0 Å². The van der Waals surface area contributed by atoms with E-state index in [1.165, 1.54) is 24.3 Å². The van der Waals surface area contributed by atoms with Crippen LogP contribution in [0.5, 0.6) is 0 Å². The zero-order chi connectivity index (χ0) is 24.5. The monoisotopic (exact) mass is 481 g/mol. The number of carbonyl (C=O) groups is 2. The first-order valence-corrected chi connectivity index (χ1v) is 11.1. The van der Waals surface area contributed by atoms with E-state index in [1.54, 1.807) is 30.3 Å². The molecule has 0 radical (unpaired) electrons. The Morgan fingerprint density at radius 2 is 1.59 bits per heavy atom. The van der Waals surface area contributed by atoms with Crippen LogP contribution in [0.2, 0.25) is 0 Å². The number of ketones is 2. The molecule has 0 heterocycles. The number of carbonyl (C=O) groups excluding carboxylic acids is 2. The molecule has 0 amide bonds. The third-order valence-corrected chi connectivity index (χ3v) is 5.67. The summed E-state index contributed by atoms with van der Waals surface area (Å²) in [7, 11) is -4.32. The molecule has 0 saturated carbocycles. The first-order chi connectivity index (χ1) is 16.1. The summed E-state index contributed by atoms with van der Waals surface area (Å²) < 4.78 is 31.3. The van der Waals surface area contributed by atoms with Crippen LogP contribution in [0.25, 0.3) is 6.08 Å². The van der Waals surface area contributed by atoms with Gasteiger partial charge in [0.2, 0.25) is 16.5 Å². The summed E-state index contributed by atoms with van der Waals surface area (Å²) in [5, 5.41) is 29.0. The largest absolute Gasteiger partial charge is 0.386 e. The molecule has 11 nitrogen and oxygen atoms in total. The molecule has 0 unspecified atom stereocenters. The van der Waals surface area contributed by atoms with E-state index in [4.69, 9.17) is 10.4 Å². The summed E-state index contributed by atoms with van der Waals surface area (Å²) in [5.41, 5.74) is 0.711. The fraction of sp³-hybridized carbons (Fsp3) is 0. The van der Waals surface area contributed by atoms with E-state index in [9.17, 15) is 22.9 Å². The second-order valence-corrected chi connectivity index (χ2v) is 8.58. The molecular weight excluding hydrogens is 464 g/mol. The van der Waals surface area contributed by atoms with Crippen LogP contribution >= 0.6 is 0 Å². The van der Waals surface area contributed by atoms with Crippen molar-refractivity contribution in [3.8, 4) is 0 Å². The van der Waals surface area contributed by atoms with Crippen LogP contribution in [-0.2, 0) is 24.3 Å². The lowest BCUT2D eigenvalue weighted by Gasteiger charge is -2.18. The topological polar surface area (TPSA) is 172 Å². The fourth-order valence-electron chi connectivity index (χ4n) is 3.24. The average molecular weight is 481 g/mol. The van der Waals surface area contributed by atoms with Gasteiger partial charge in [-0.25, -0.2) is 0 Å². The van der Waals surface area contributed by atoms with Gasteiger partial charge in [-0.1, -0.05) is 24.3 Å². The van der Waals surface area contributed by atoms with Crippen molar-refractivity contribution >= 4 is 50.9 Å². The number of para-hydroxylation sites is 1. The molecule has 0 atom stereocenters. The minimum atomic E-state index is -4.32. The second-order valence-electron chi connectivity index (χ2n) is 7.11. The zero-order valence-corrected chi connectivity index (χ0v) is 18.0. The number of fused-ring (bicyclic) bond motifs is 1. The maximum Gasteiger partial charge on any atom is 0.386 e. The number of nitrogens with one attached hydrogen (secondary N) is 1. The summed E-state index contributed by atoms with van der Waals surface area (Å²) in [6.45, 7) is 0. The molecule has 2 aromatic rings. The van der Waals surface area contributed by atoms with Crippen LogP contribution in [0, 0.1) is 0 Å². The molecule has 4 rings (SSSR count). The van der Waals surface area contributed by atoms with Gasteiger partial charge >= 0.3 is 10.5 Å². The van der Waals surface area contributed by atoms with Crippen molar-refractivity contribution in [2.75, 3.05) is 5.32 Å². The summed E-state index contributed by atoms with van der Waals surface area (Å²) in [6.07, 6.45) is 5.84. The molecule has 5 N–H and O–H groups in total. The van der Waals surface area contributed by atoms with Gasteiger partial charge in [-0.3, -0.25) is 20.0 Å². The van der Waals surface area contributed by atoms with Crippen LogP contribution in [0.15, 0.2) is 87.6 Å². The molecule has 0 spiro atoms. The van der Waals surface area contributed by atoms with Crippen LogP contribution in [0.1, 0.15) is 11.1 Å². The molecule has 2 aliphatic rings. The molecule has 0 aromatic heterocycles. The molecule has 0 saturated heterocycles. The van der Waals surface area contributed by atoms with Crippen molar-refractivity contribution in [1.82, 2.24) is 5.23 Å². The Balaban J connectivity index is 1.87. The molecule has 0 bridgehead atoms. The molecule has 2 aliphatic carbocycles. The Kier molecular flexibility index (Phi) is 6.15. The van der Waals surface area contributed by atoms with Gasteiger partial charge in [0, 0.05) is 23.4 Å². The smallest absolute Gasteiger partial charge is 0.355 e. The van der Waals surface area contributed by atoms with Gasteiger partial charge in [0.15, 0.2) is 0 Å². The number of nitrogens with zero attached hydrogens (tertiary/aromatic N) is 3. The standard InChI is InChI=1S/C22H16N4O7S/c27-19-9-7-15(26(29)30)11-17(19)24-25-22-20(28)8-6-13-10-16(34(31,32)33)12-18(21(13)22)23-14-4-2-1-3-5-14/h1-12,29-30H,(H2-,23,25,27,31,32,33)/p+1. The predicted molar refractivity (Wildman–Crippen MR) is 123 cm³/mol. The molecule has 0 aliphatic heterocycles. The summed E-state index contributed by atoms with van der Waals surface area (Å²) in [6, 6.07) is 11.2. The summed E-state index contributed by atoms with van der Waals surface area (Å²) in [4.78, 5) is 24.5.